The molecule has 0 radical (unpaired) electrons. The number of alkyl halides is 3. The molecule has 0 unspecified atom stereocenters. The quantitative estimate of drug-likeness (QED) is 0.818. The van der Waals surface area contributed by atoms with Gasteiger partial charge in [0.1, 0.15) is 10.8 Å². The molecule has 0 aliphatic heterocycles. The molecule has 0 aliphatic carbocycles. The van der Waals surface area contributed by atoms with Crippen molar-refractivity contribution in [2.75, 3.05) is 6.86 Å². The van der Waals surface area contributed by atoms with Crippen molar-refractivity contribution in [2.45, 2.75) is 6.61 Å². The summed E-state index contributed by atoms with van der Waals surface area (Å²) in [7, 11) is 0. The average molecular weight is 261 g/mol. The third-order valence-electron chi connectivity index (χ3n) is 1.43. The molecule has 0 saturated carbocycles. The van der Waals surface area contributed by atoms with Crippen LogP contribution in [-0.4, -0.2) is 13.5 Å². The molecule has 84 valence electrons. The first kappa shape index (κ1) is 12.3. The van der Waals surface area contributed by atoms with E-state index in [0.717, 1.165) is 0 Å². The molecule has 1 rings (SSSR count). The van der Waals surface area contributed by atoms with Gasteiger partial charge in [-0.25, -0.2) is 4.39 Å². The van der Waals surface area contributed by atoms with E-state index in [1.807, 2.05) is 0 Å². The SMILES string of the molecule is FCOc1ccc(Cl)c(OC(F)F)c1Cl. The molecule has 15 heavy (non-hydrogen) atoms. The minimum Gasteiger partial charge on any atom is -0.461 e. The van der Waals surface area contributed by atoms with Gasteiger partial charge in [0.25, 0.3) is 0 Å². The molecule has 0 fully saturated rings. The lowest BCUT2D eigenvalue weighted by Gasteiger charge is -2.11. The molecular weight excluding hydrogens is 256 g/mol. The molecule has 0 amide bonds. The summed E-state index contributed by atoms with van der Waals surface area (Å²) in [5.41, 5.74) is 0. The zero-order chi connectivity index (χ0) is 11.4. The van der Waals surface area contributed by atoms with Crippen LogP contribution in [0.3, 0.4) is 0 Å². The van der Waals surface area contributed by atoms with Gasteiger partial charge in [-0.1, -0.05) is 23.2 Å². The van der Waals surface area contributed by atoms with Crippen molar-refractivity contribution < 1.29 is 22.6 Å². The Morgan fingerprint density at radius 2 is 1.93 bits per heavy atom. The van der Waals surface area contributed by atoms with Gasteiger partial charge in [0.05, 0.1) is 5.02 Å². The van der Waals surface area contributed by atoms with E-state index < -0.39 is 19.2 Å². The van der Waals surface area contributed by atoms with Crippen molar-refractivity contribution in [1.82, 2.24) is 0 Å². The maximum absolute atomic E-state index is 11.9. The third kappa shape index (κ3) is 3.07. The third-order valence-corrected chi connectivity index (χ3v) is 2.09. The molecule has 0 saturated heterocycles. The summed E-state index contributed by atoms with van der Waals surface area (Å²) in [5.74, 6) is -0.543. The van der Waals surface area contributed by atoms with Crippen LogP contribution in [0.25, 0.3) is 0 Å². The lowest BCUT2D eigenvalue weighted by molar-refractivity contribution is -0.0498. The summed E-state index contributed by atoms with van der Waals surface area (Å²) in [6, 6.07) is 2.47. The predicted octanol–water partition coefficient (Wildman–Crippen LogP) is 3.90. The lowest BCUT2D eigenvalue weighted by Crippen LogP contribution is -2.03. The second kappa shape index (κ2) is 5.32. The van der Waals surface area contributed by atoms with Crippen LogP contribution in [0.2, 0.25) is 10.0 Å². The van der Waals surface area contributed by atoms with Gasteiger partial charge in [0.15, 0.2) is 5.75 Å². The van der Waals surface area contributed by atoms with Crippen molar-refractivity contribution in [2.24, 2.45) is 0 Å². The fourth-order valence-electron chi connectivity index (χ4n) is 0.882. The number of ether oxygens (including phenoxy) is 2. The Kier molecular flexibility index (Phi) is 4.35. The van der Waals surface area contributed by atoms with Crippen LogP contribution in [-0.2, 0) is 0 Å². The van der Waals surface area contributed by atoms with Crippen molar-refractivity contribution in [3.05, 3.63) is 22.2 Å². The van der Waals surface area contributed by atoms with Crippen molar-refractivity contribution in [3.63, 3.8) is 0 Å². The largest absolute Gasteiger partial charge is 0.461 e. The van der Waals surface area contributed by atoms with E-state index in [1.54, 1.807) is 0 Å². The van der Waals surface area contributed by atoms with Crippen LogP contribution in [0.5, 0.6) is 11.5 Å². The van der Waals surface area contributed by atoms with E-state index in [1.165, 1.54) is 12.1 Å². The van der Waals surface area contributed by atoms with Crippen LogP contribution in [0, 0.1) is 0 Å². The van der Waals surface area contributed by atoms with E-state index in [2.05, 4.69) is 9.47 Å². The second-order valence-electron chi connectivity index (χ2n) is 2.32. The summed E-state index contributed by atoms with van der Waals surface area (Å²) in [6.45, 7) is -4.20. The lowest BCUT2D eigenvalue weighted by atomic mass is 10.3. The Morgan fingerprint density at radius 1 is 1.27 bits per heavy atom. The minimum absolute atomic E-state index is 0.105. The van der Waals surface area contributed by atoms with Gasteiger partial charge in [0.2, 0.25) is 6.86 Å². The van der Waals surface area contributed by atoms with E-state index in [-0.39, 0.29) is 15.8 Å². The molecule has 0 bridgehead atoms. The number of hydrogen-bond donors (Lipinski definition) is 0. The Hall–Kier alpha value is -0.810. The summed E-state index contributed by atoms with van der Waals surface area (Å²) < 4.78 is 44.2. The van der Waals surface area contributed by atoms with Crippen molar-refractivity contribution >= 4 is 23.2 Å². The van der Waals surface area contributed by atoms with Gasteiger partial charge in [-0.3, -0.25) is 0 Å². The molecule has 0 aliphatic rings. The van der Waals surface area contributed by atoms with Crippen molar-refractivity contribution in [1.29, 1.82) is 0 Å². The molecule has 1 aromatic rings. The summed E-state index contributed by atoms with van der Waals surface area (Å²) in [4.78, 5) is 0. The highest BCUT2D eigenvalue weighted by Gasteiger charge is 2.16. The normalized spacial score (nSPS) is 10.5. The number of halogens is 5. The Morgan fingerprint density at radius 3 is 2.47 bits per heavy atom. The fraction of sp³-hybridized carbons (Fsp3) is 0.250. The average Bonchev–Trinajstić information content (AvgIpc) is 2.17. The standard InChI is InChI=1S/C8H5Cl2F3O2/c9-4-1-2-5(14-3-11)6(10)7(4)15-8(12)13/h1-2,8H,3H2. The maximum Gasteiger partial charge on any atom is 0.387 e. The van der Waals surface area contributed by atoms with Crippen LogP contribution in [0.4, 0.5) is 13.2 Å². The Bertz CT molecular complexity index is 347. The number of rotatable bonds is 4. The molecule has 1 aromatic carbocycles. The number of hydrogen-bond acceptors (Lipinski definition) is 2. The first-order valence-corrected chi connectivity index (χ1v) is 4.43. The van der Waals surface area contributed by atoms with Crippen LogP contribution >= 0.6 is 23.2 Å². The molecule has 0 aromatic heterocycles. The highest BCUT2D eigenvalue weighted by Crippen LogP contribution is 2.40. The molecule has 2 nitrogen and oxygen atoms in total. The first-order valence-electron chi connectivity index (χ1n) is 3.67. The topological polar surface area (TPSA) is 18.5 Å². The molecule has 0 N–H and O–H groups in total. The maximum atomic E-state index is 11.9. The highest BCUT2D eigenvalue weighted by atomic mass is 35.5. The smallest absolute Gasteiger partial charge is 0.387 e. The van der Waals surface area contributed by atoms with Gasteiger partial charge in [-0.05, 0) is 12.1 Å². The van der Waals surface area contributed by atoms with E-state index in [0.29, 0.717) is 0 Å². The Balaban J connectivity index is 3.06. The number of benzene rings is 1. The predicted molar refractivity (Wildman–Crippen MR) is 49.7 cm³/mol. The summed E-state index contributed by atoms with van der Waals surface area (Å²) in [6.07, 6.45) is 0. The van der Waals surface area contributed by atoms with E-state index in [9.17, 15) is 13.2 Å². The zero-order valence-corrected chi connectivity index (χ0v) is 8.66. The van der Waals surface area contributed by atoms with Gasteiger partial charge in [-0.2, -0.15) is 8.78 Å². The van der Waals surface area contributed by atoms with Crippen LogP contribution in [0.15, 0.2) is 12.1 Å². The second-order valence-corrected chi connectivity index (χ2v) is 3.11. The summed E-state index contributed by atoms with van der Waals surface area (Å²) >= 11 is 11.2. The Labute approximate surface area is 93.5 Å². The van der Waals surface area contributed by atoms with Gasteiger partial charge in [0, 0.05) is 0 Å². The molecule has 0 heterocycles. The fourth-order valence-corrected chi connectivity index (χ4v) is 1.40. The molecule has 0 spiro atoms. The molecular formula is C8H5Cl2F3O2. The van der Waals surface area contributed by atoms with Gasteiger partial charge >= 0.3 is 6.61 Å². The van der Waals surface area contributed by atoms with E-state index in [4.69, 9.17) is 23.2 Å². The highest BCUT2D eigenvalue weighted by molar-refractivity contribution is 6.38. The van der Waals surface area contributed by atoms with Crippen LogP contribution < -0.4 is 9.47 Å². The van der Waals surface area contributed by atoms with Gasteiger partial charge < -0.3 is 9.47 Å². The molecule has 7 heteroatoms. The minimum atomic E-state index is -3.07. The van der Waals surface area contributed by atoms with Crippen molar-refractivity contribution in [3.8, 4) is 11.5 Å². The summed E-state index contributed by atoms with van der Waals surface area (Å²) in [5, 5.41) is -0.396. The first-order chi connectivity index (χ1) is 7.06. The monoisotopic (exact) mass is 260 g/mol. The zero-order valence-electron chi connectivity index (χ0n) is 7.15. The van der Waals surface area contributed by atoms with Gasteiger partial charge in [-0.15, -0.1) is 0 Å². The molecule has 0 atom stereocenters. The van der Waals surface area contributed by atoms with E-state index >= 15 is 0 Å². The van der Waals surface area contributed by atoms with Crippen LogP contribution in [0.1, 0.15) is 0 Å².